The van der Waals surface area contributed by atoms with Gasteiger partial charge in [-0.2, -0.15) is 5.10 Å². The van der Waals surface area contributed by atoms with Crippen LogP contribution in [0, 0.1) is 6.92 Å². The van der Waals surface area contributed by atoms with Crippen LogP contribution < -0.4 is 0 Å². The van der Waals surface area contributed by atoms with Crippen LogP contribution in [0.15, 0.2) is 6.20 Å². The van der Waals surface area contributed by atoms with Gasteiger partial charge in [-0.1, -0.05) is 0 Å². The summed E-state index contributed by atoms with van der Waals surface area (Å²) in [5.74, 6) is -1.48. The van der Waals surface area contributed by atoms with Crippen LogP contribution in [0.1, 0.15) is 17.4 Å². The van der Waals surface area contributed by atoms with Crippen molar-refractivity contribution in [3.8, 4) is 0 Å². The molecule has 12 heavy (non-hydrogen) atoms. The molecule has 0 aromatic carbocycles. The van der Waals surface area contributed by atoms with Crippen molar-refractivity contribution < 1.29 is 14.3 Å². The summed E-state index contributed by atoms with van der Waals surface area (Å²) in [6.07, 6.45) is -0.553. The van der Waals surface area contributed by atoms with Crippen LogP contribution in [-0.4, -0.2) is 20.9 Å². The minimum atomic E-state index is -1.99. The first-order valence-corrected chi connectivity index (χ1v) is 3.39. The summed E-state index contributed by atoms with van der Waals surface area (Å²) in [5.41, 5.74) is 0.648. The Morgan fingerprint density at radius 1 is 1.83 bits per heavy atom. The Hall–Kier alpha value is -1.39. The third kappa shape index (κ3) is 1.30. The van der Waals surface area contributed by atoms with Crippen molar-refractivity contribution in [1.82, 2.24) is 9.78 Å². The van der Waals surface area contributed by atoms with E-state index in [0.29, 0.717) is 5.56 Å². The molecule has 0 saturated carbocycles. The molecule has 0 fully saturated rings. The standard InChI is InChI=1S/C7H9FN2O2/c1-4-3-9-10(2)6(4)5(8)7(11)12/h3,5H,1-2H3,(H,11,12). The number of carboxylic acids is 1. The molecule has 0 saturated heterocycles. The van der Waals surface area contributed by atoms with E-state index in [0.717, 1.165) is 0 Å². The minimum Gasteiger partial charge on any atom is -0.479 e. The number of hydrogen-bond donors (Lipinski definition) is 1. The second-order valence-corrected chi connectivity index (χ2v) is 2.54. The second kappa shape index (κ2) is 2.92. The summed E-state index contributed by atoms with van der Waals surface area (Å²) in [6, 6.07) is 0. The van der Waals surface area contributed by atoms with E-state index in [9.17, 15) is 9.18 Å². The molecule has 4 nitrogen and oxygen atoms in total. The molecule has 1 aromatic rings. The molecule has 1 atom stereocenters. The Kier molecular flexibility index (Phi) is 2.12. The molecule has 0 amide bonds. The van der Waals surface area contributed by atoms with Gasteiger partial charge in [0.25, 0.3) is 0 Å². The van der Waals surface area contributed by atoms with Gasteiger partial charge in [-0.05, 0) is 12.5 Å². The lowest BCUT2D eigenvalue weighted by atomic mass is 10.2. The first-order valence-electron chi connectivity index (χ1n) is 3.39. The van der Waals surface area contributed by atoms with Gasteiger partial charge in [-0.15, -0.1) is 0 Å². The van der Waals surface area contributed by atoms with Crippen LogP contribution in [0.2, 0.25) is 0 Å². The fraction of sp³-hybridized carbons (Fsp3) is 0.429. The second-order valence-electron chi connectivity index (χ2n) is 2.54. The molecule has 5 heteroatoms. The third-order valence-corrected chi connectivity index (χ3v) is 1.63. The van der Waals surface area contributed by atoms with Gasteiger partial charge in [0.1, 0.15) is 0 Å². The first-order chi connectivity index (χ1) is 5.54. The molecule has 0 aliphatic heterocycles. The number of alkyl halides is 1. The Labute approximate surface area is 68.6 Å². The van der Waals surface area contributed by atoms with Crippen LogP contribution in [0.5, 0.6) is 0 Å². The van der Waals surface area contributed by atoms with Crippen molar-refractivity contribution in [3.05, 3.63) is 17.5 Å². The number of carbonyl (C=O) groups is 1. The Bertz CT molecular complexity index is 289. The zero-order valence-corrected chi connectivity index (χ0v) is 6.78. The molecule has 0 radical (unpaired) electrons. The van der Waals surface area contributed by atoms with Gasteiger partial charge in [0.15, 0.2) is 0 Å². The van der Waals surface area contributed by atoms with E-state index in [1.165, 1.54) is 17.9 Å². The number of aliphatic carboxylic acids is 1. The van der Waals surface area contributed by atoms with Crippen molar-refractivity contribution in [3.63, 3.8) is 0 Å². The molecular formula is C7H9FN2O2. The third-order valence-electron chi connectivity index (χ3n) is 1.63. The van der Waals surface area contributed by atoms with E-state index < -0.39 is 12.1 Å². The van der Waals surface area contributed by atoms with Gasteiger partial charge in [-0.25, -0.2) is 9.18 Å². The van der Waals surface area contributed by atoms with Gasteiger partial charge < -0.3 is 5.11 Å². The summed E-state index contributed by atoms with van der Waals surface area (Å²) < 4.78 is 14.2. The zero-order chi connectivity index (χ0) is 9.30. The summed E-state index contributed by atoms with van der Waals surface area (Å²) in [6.45, 7) is 1.62. The lowest BCUT2D eigenvalue weighted by Gasteiger charge is -2.04. The Balaban J connectivity index is 3.08. The normalized spacial score (nSPS) is 12.9. The van der Waals surface area contributed by atoms with Crippen LogP contribution in [0.4, 0.5) is 4.39 Å². The Morgan fingerprint density at radius 3 is 2.75 bits per heavy atom. The fourth-order valence-corrected chi connectivity index (χ4v) is 1.04. The van der Waals surface area contributed by atoms with E-state index in [2.05, 4.69) is 5.10 Å². The number of carboxylic acid groups (broad SMARTS) is 1. The molecule has 0 aliphatic rings. The molecule has 0 bridgehead atoms. The van der Waals surface area contributed by atoms with Crippen LogP contribution in [0.3, 0.4) is 0 Å². The summed E-state index contributed by atoms with van der Waals surface area (Å²) >= 11 is 0. The first kappa shape index (κ1) is 8.70. The molecule has 1 rings (SSSR count). The molecule has 66 valence electrons. The van der Waals surface area contributed by atoms with Gasteiger partial charge in [0, 0.05) is 7.05 Å². The number of halogens is 1. The molecule has 0 aliphatic carbocycles. The number of rotatable bonds is 2. The summed E-state index contributed by atoms with van der Waals surface area (Å²) in [7, 11) is 1.51. The van der Waals surface area contributed by atoms with Crippen molar-refractivity contribution in [2.24, 2.45) is 7.05 Å². The molecule has 0 spiro atoms. The van der Waals surface area contributed by atoms with E-state index in [1.54, 1.807) is 6.92 Å². The van der Waals surface area contributed by atoms with Crippen LogP contribution in [-0.2, 0) is 11.8 Å². The zero-order valence-electron chi connectivity index (χ0n) is 6.78. The monoisotopic (exact) mass is 172 g/mol. The molecule has 1 unspecified atom stereocenters. The molecule has 1 aromatic heterocycles. The van der Waals surface area contributed by atoms with Gasteiger partial charge in [0.2, 0.25) is 6.17 Å². The van der Waals surface area contributed by atoms with Crippen molar-refractivity contribution >= 4 is 5.97 Å². The average molecular weight is 172 g/mol. The molecule has 1 heterocycles. The maximum atomic E-state index is 13.0. The largest absolute Gasteiger partial charge is 0.479 e. The number of nitrogens with zero attached hydrogens (tertiary/aromatic N) is 2. The lowest BCUT2D eigenvalue weighted by Crippen LogP contribution is -2.11. The number of aryl methyl sites for hydroxylation is 2. The predicted octanol–water partition coefficient (Wildman–Crippen LogP) is 0.824. The topological polar surface area (TPSA) is 55.1 Å². The number of hydrogen-bond acceptors (Lipinski definition) is 2. The van der Waals surface area contributed by atoms with Crippen LogP contribution >= 0.6 is 0 Å². The summed E-state index contributed by atoms with van der Waals surface area (Å²) in [5, 5.41) is 12.1. The van der Waals surface area contributed by atoms with E-state index in [1.807, 2.05) is 0 Å². The maximum absolute atomic E-state index is 13.0. The highest BCUT2D eigenvalue weighted by Gasteiger charge is 2.23. The smallest absolute Gasteiger partial charge is 0.344 e. The average Bonchev–Trinajstić information content (AvgIpc) is 2.30. The van der Waals surface area contributed by atoms with Crippen molar-refractivity contribution in [2.75, 3.05) is 0 Å². The fourth-order valence-electron chi connectivity index (χ4n) is 1.04. The highest BCUT2D eigenvalue weighted by Crippen LogP contribution is 2.19. The Morgan fingerprint density at radius 2 is 2.42 bits per heavy atom. The van der Waals surface area contributed by atoms with Gasteiger partial charge in [0.05, 0.1) is 11.9 Å². The van der Waals surface area contributed by atoms with Crippen molar-refractivity contribution in [1.29, 1.82) is 0 Å². The maximum Gasteiger partial charge on any atom is 0.344 e. The van der Waals surface area contributed by atoms with Crippen LogP contribution in [0.25, 0.3) is 0 Å². The van der Waals surface area contributed by atoms with Gasteiger partial charge >= 0.3 is 5.97 Å². The SMILES string of the molecule is Cc1cnn(C)c1C(F)C(=O)O. The lowest BCUT2D eigenvalue weighted by molar-refractivity contribution is -0.143. The van der Waals surface area contributed by atoms with Gasteiger partial charge in [-0.3, -0.25) is 4.68 Å². The quantitative estimate of drug-likeness (QED) is 0.718. The van der Waals surface area contributed by atoms with E-state index in [4.69, 9.17) is 5.11 Å². The highest BCUT2D eigenvalue weighted by atomic mass is 19.1. The molecule has 1 N–H and O–H groups in total. The highest BCUT2D eigenvalue weighted by molar-refractivity contribution is 5.74. The number of aromatic nitrogens is 2. The minimum absolute atomic E-state index is 0.0995. The van der Waals surface area contributed by atoms with E-state index >= 15 is 0 Å². The predicted molar refractivity (Wildman–Crippen MR) is 39.4 cm³/mol. The van der Waals surface area contributed by atoms with Crippen molar-refractivity contribution in [2.45, 2.75) is 13.1 Å². The summed E-state index contributed by atoms with van der Waals surface area (Å²) in [4.78, 5) is 10.3. The molecular weight excluding hydrogens is 163 g/mol. The van der Waals surface area contributed by atoms with E-state index in [-0.39, 0.29) is 5.69 Å².